The van der Waals surface area contributed by atoms with Crippen LogP contribution < -0.4 is 5.32 Å². The Morgan fingerprint density at radius 3 is 2.58 bits per heavy atom. The predicted octanol–water partition coefficient (Wildman–Crippen LogP) is 3.83. The molecule has 0 amide bonds. The van der Waals surface area contributed by atoms with Crippen molar-refractivity contribution in [2.75, 3.05) is 5.32 Å². The summed E-state index contributed by atoms with van der Waals surface area (Å²) in [6.45, 7) is 4.31. The van der Waals surface area contributed by atoms with E-state index in [1.165, 1.54) is 27.2 Å². The van der Waals surface area contributed by atoms with Crippen LogP contribution >= 0.6 is 0 Å². The van der Waals surface area contributed by atoms with Gasteiger partial charge in [-0.05, 0) is 36.8 Å². The molecule has 1 heterocycles. The zero-order chi connectivity index (χ0) is 12.5. The second-order valence-electron chi connectivity index (χ2n) is 4.87. The Bertz CT molecular complexity index is 707. The molecule has 0 spiro atoms. The van der Waals surface area contributed by atoms with Crippen molar-refractivity contribution >= 4 is 56.8 Å². The summed E-state index contributed by atoms with van der Waals surface area (Å²) < 4.78 is 0. The van der Waals surface area contributed by atoms with E-state index in [4.69, 9.17) is 0 Å². The van der Waals surface area contributed by atoms with Crippen LogP contribution in [0.4, 0.5) is 5.69 Å². The van der Waals surface area contributed by atoms with Gasteiger partial charge in [0.2, 0.25) is 0 Å². The molecule has 3 aromatic rings. The summed E-state index contributed by atoms with van der Waals surface area (Å²) >= 11 is 0. The number of fused-ring (bicyclic) bond motifs is 3. The van der Waals surface area contributed by atoms with Gasteiger partial charge in [-0.15, -0.1) is 0 Å². The number of pyridine rings is 1. The zero-order valence-electron chi connectivity index (χ0n) is 11.6. The van der Waals surface area contributed by atoms with Gasteiger partial charge in [0.1, 0.15) is 0 Å². The fourth-order valence-electron chi connectivity index (χ4n) is 2.38. The van der Waals surface area contributed by atoms with Crippen molar-refractivity contribution in [1.82, 2.24) is 4.98 Å². The Morgan fingerprint density at radius 1 is 1.00 bits per heavy atom. The Hall–Kier alpha value is -1.09. The third-order valence-electron chi connectivity index (χ3n) is 3.11. The Morgan fingerprint density at radius 2 is 1.79 bits per heavy atom. The van der Waals surface area contributed by atoms with Gasteiger partial charge in [-0.3, -0.25) is 4.98 Å². The first-order valence-corrected chi connectivity index (χ1v) is 6.28. The normalized spacial score (nSPS) is 10.7. The maximum Gasteiger partial charge on any atom is 0.0429 e. The van der Waals surface area contributed by atoms with Crippen LogP contribution in [0.3, 0.4) is 0 Å². The van der Waals surface area contributed by atoms with E-state index in [1.54, 1.807) is 0 Å². The van der Waals surface area contributed by atoms with Crippen LogP contribution in [0.1, 0.15) is 13.8 Å². The molecule has 1 N–H and O–H groups in total. The van der Waals surface area contributed by atoms with Gasteiger partial charge in [-0.2, -0.15) is 0 Å². The molecule has 2 nitrogen and oxygen atoms in total. The molecule has 0 bridgehead atoms. The molecule has 0 fully saturated rings. The third kappa shape index (κ3) is 2.76. The van der Waals surface area contributed by atoms with Crippen molar-refractivity contribution in [3.63, 3.8) is 0 Å². The van der Waals surface area contributed by atoms with E-state index in [2.05, 4.69) is 60.5 Å². The summed E-state index contributed by atoms with van der Waals surface area (Å²) in [6.07, 6.45) is 3.80. The molecule has 0 atom stereocenters. The van der Waals surface area contributed by atoms with E-state index in [0.29, 0.717) is 6.04 Å². The molecular weight excluding hydrogens is 243 g/mol. The van der Waals surface area contributed by atoms with Gasteiger partial charge in [0, 0.05) is 64.5 Å². The van der Waals surface area contributed by atoms with E-state index in [0.717, 1.165) is 0 Å². The minimum atomic E-state index is 0. The third-order valence-corrected chi connectivity index (χ3v) is 3.11. The number of nitrogens with zero attached hydrogens (tertiary/aromatic N) is 1. The Balaban J connectivity index is 0.00000133. The van der Waals surface area contributed by atoms with Crippen molar-refractivity contribution in [3.05, 3.63) is 48.8 Å². The summed E-state index contributed by atoms with van der Waals surface area (Å²) in [5, 5.41) is 8.46. The summed E-state index contributed by atoms with van der Waals surface area (Å²) in [5.74, 6) is 0. The molecule has 1 aromatic heterocycles. The number of rotatable bonds is 2. The smallest absolute Gasteiger partial charge is 0.0429 e. The molecule has 0 aliphatic rings. The number of benzene rings is 2. The Labute approximate surface area is 135 Å². The van der Waals surface area contributed by atoms with Gasteiger partial charge in [0.15, 0.2) is 0 Å². The summed E-state index contributed by atoms with van der Waals surface area (Å²) in [7, 11) is 0. The molecule has 0 aliphatic carbocycles. The standard InChI is InChI=1S/C16H16N2.Na/c1-11(2)18-16-9-12-5-3-4-6-13(12)15-10-17-8-7-14(15)16;/h3-11,18H,1-2H3;. The topological polar surface area (TPSA) is 24.9 Å². The minimum Gasteiger partial charge on any atom is -0.382 e. The second-order valence-corrected chi connectivity index (χ2v) is 4.87. The van der Waals surface area contributed by atoms with E-state index in [-0.39, 0.29) is 29.6 Å². The number of hydrogen-bond acceptors (Lipinski definition) is 2. The van der Waals surface area contributed by atoms with Gasteiger partial charge in [0.25, 0.3) is 0 Å². The second kappa shape index (κ2) is 5.91. The Kier molecular flexibility index (Phi) is 4.46. The molecule has 0 saturated carbocycles. The number of nitrogens with one attached hydrogen (secondary N) is 1. The van der Waals surface area contributed by atoms with E-state index < -0.39 is 0 Å². The monoisotopic (exact) mass is 259 g/mol. The van der Waals surface area contributed by atoms with Gasteiger partial charge < -0.3 is 5.32 Å². The molecule has 0 aliphatic heterocycles. The predicted molar refractivity (Wildman–Crippen MR) is 83.8 cm³/mol. The fraction of sp³-hybridized carbons (Fsp3) is 0.188. The molecule has 19 heavy (non-hydrogen) atoms. The van der Waals surface area contributed by atoms with Crippen molar-refractivity contribution < 1.29 is 0 Å². The van der Waals surface area contributed by atoms with E-state index >= 15 is 0 Å². The first-order chi connectivity index (χ1) is 8.75. The average molecular weight is 259 g/mol. The molecule has 91 valence electrons. The van der Waals surface area contributed by atoms with Crippen LogP contribution in [0.25, 0.3) is 21.5 Å². The van der Waals surface area contributed by atoms with Gasteiger partial charge in [0.05, 0.1) is 0 Å². The van der Waals surface area contributed by atoms with Crippen molar-refractivity contribution in [2.45, 2.75) is 19.9 Å². The molecule has 0 saturated heterocycles. The number of anilines is 1. The molecular formula is C16H16N2Na. The molecule has 1 radical (unpaired) electrons. The van der Waals surface area contributed by atoms with Crippen LogP contribution in [-0.2, 0) is 0 Å². The maximum atomic E-state index is 4.26. The first kappa shape index (κ1) is 14.3. The average Bonchev–Trinajstić information content (AvgIpc) is 2.38. The van der Waals surface area contributed by atoms with Crippen molar-refractivity contribution in [2.24, 2.45) is 0 Å². The van der Waals surface area contributed by atoms with E-state index in [1.807, 2.05) is 12.4 Å². The van der Waals surface area contributed by atoms with Crippen molar-refractivity contribution in [1.29, 1.82) is 0 Å². The van der Waals surface area contributed by atoms with Gasteiger partial charge in [-0.1, -0.05) is 24.3 Å². The van der Waals surface area contributed by atoms with Crippen LogP contribution in [0, 0.1) is 0 Å². The zero-order valence-corrected chi connectivity index (χ0v) is 13.6. The van der Waals surface area contributed by atoms with Crippen LogP contribution in [0.15, 0.2) is 48.8 Å². The molecule has 3 rings (SSSR count). The van der Waals surface area contributed by atoms with Gasteiger partial charge in [-0.25, -0.2) is 0 Å². The van der Waals surface area contributed by atoms with Crippen LogP contribution in [0.5, 0.6) is 0 Å². The van der Waals surface area contributed by atoms with Gasteiger partial charge >= 0.3 is 0 Å². The van der Waals surface area contributed by atoms with Crippen LogP contribution in [-0.4, -0.2) is 40.6 Å². The SMILES string of the molecule is CC(C)Nc1cc2ccccc2c2cnccc12.[Na]. The van der Waals surface area contributed by atoms with Crippen molar-refractivity contribution in [3.8, 4) is 0 Å². The molecule has 3 heteroatoms. The quantitative estimate of drug-likeness (QED) is 0.559. The first-order valence-electron chi connectivity index (χ1n) is 6.28. The summed E-state index contributed by atoms with van der Waals surface area (Å²) in [6, 6.07) is 13.2. The molecule has 0 unspecified atom stereocenters. The molecule has 2 aromatic carbocycles. The minimum absolute atomic E-state index is 0. The maximum absolute atomic E-state index is 4.26. The summed E-state index contributed by atoms with van der Waals surface area (Å²) in [5.41, 5.74) is 1.18. The fourth-order valence-corrected chi connectivity index (χ4v) is 2.38. The number of hydrogen-bond donors (Lipinski definition) is 1. The van der Waals surface area contributed by atoms with E-state index in [9.17, 15) is 0 Å². The largest absolute Gasteiger partial charge is 0.382 e. The van der Waals surface area contributed by atoms with Crippen LogP contribution in [0.2, 0.25) is 0 Å². The number of aromatic nitrogens is 1. The summed E-state index contributed by atoms with van der Waals surface area (Å²) in [4.78, 5) is 4.26.